The number of hydrogen-bond donors (Lipinski definition) is 3. The molecule has 126 valence electrons. The molecule has 0 spiro atoms. The average Bonchev–Trinajstić information content (AvgIpc) is 2.51. The molecule has 0 aliphatic heterocycles. The topological polar surface area (TPSA) is 72.3 Å². The Morgan fingerprint density at radius 3 is 2.05 bits per heavy atom. The molecule has 0 fully saturated rings. The molecule has 0 unspecified atom stereocenters. The SMILES string of the molecule is CCCCCCCCCc1c(O)ccc(CCN)c1CCN. The molecule has 1 rings (SSSR count). The van der Waals surface area contributed by atoms with Crippen molar-refractivity contribution in [2.45, 2.75) is 71.1 Å². The standard InChI is InChI=1S/C19H34N2O/c1-2-3-4-5-6-7-8-9-18-17(13-15-21)16(12-14-20)10-11-19(18)22/h10-11,22H,2-9,12-15,20-21H2,1H3. The molecule has 3 heteroatoms. The smallest absolute Gasteiger partial charge is 0.119 e. The van der Waals surface area contributed by atoms with Crippen LogP contribution in [0.25, 0.3) is 0 Å². The lowest BCUT2D eigenvalue weighted by molar-refractivity contribution is 0.464. The summed E-state index contributed by atoms with van der Waals surface area (Å²) in [6, 6.07) is 3.82. The van der Waals surface area contributed by atoms with Crippen molar-refractivity contribution < 1.29 is 5.11 Å². The molecule has 0 aromatic heterocycles. The van der Waals surface area contributed by atoms with E-state index in [-0.39, 0.29) is 0 Å². The molecule has 0 radical (unpaired) electrons. The van der Waals surface area contributed by atoms with Crippen molar-refractivity contribution in [3.63, 3.8) is 0 Å². The number of phenolic OH excluding ortho intramolecular Hbond substituents is 1. The molecule has 3 nitrogen and oxygen atoms in total. The summed E-state index contributed by atoms with van der Waals surface area (Å²) in [6.07, 6.45) is 11.7. The number of rotatable bonds is 12. The van der Waals surface area contributed by atoms with E-state index >= 15 is 0 Å². The second kappa shape index (κ2) is 11.5. The molecule has 0 atom stereocenters. The highest BCUT2D eigenvalue weighted by Gasteiger charge is 2.12. The minimum absolute atomic E-state index is 0.426. The van der Waals surface area contributed by atoms with Crippen molar-refractivity contribution in [1.29, 1.82) is 0 Å². The van der Waals surface area contributed by atoms with Gasteiger partial charge in [-0.25, -0.2) is 0 Å². The zero-order valence-electron chi connectivity index (χ0n) is 14.2. The van der Waals surface area contributed by atoms with Crippen molar-refractivity contribution in [2.24, 2.45) is 11.5 Å². The summed E-state index contributed by atoms with van der Waals surface area (Å²) in [5.74, 6) is 0.426. The van der Waals surface area contributed by atoms with Gasteiger partial charge in [-0.15, -0.1) is 0 Å². The fourth-order valence-corrected chi connectivity index (χ4v) is 3.11. The molecule has 0 heterocycles. The van der Waals surface area contributed by atoms with Crippen LogP contribution in [0.3, 0.4) is 0 Å². The predicted octanol–water partition coefficient (Wildman–Crippen LogP) is 3.69. The van der Waals surface area contributed by atoms with Crippen LogP contribution >= 0.6 is 0 Å². The first kappa shape index (κ1) is 19.0. The van der Waals surface area contributed by atoms with E-state index in [0.29, 0.717) is 18.8 Å². The van der Waals surface area contributed by atoms with Gasteiger partial charge in [-0.3, -0.25) is 0 Å². The molecule has 0 amide bonds. The van der Waals surface area contributed by atoms with Gasteiger partial charge >= 0.3 is 0 Å². The van der Waals surface area contributed by atoms with Crippen LogP contribution in [-0.4, -0.2) is 18.2 Å². The van der Waals surface area contributed by atoms with E-state index in [4.69, 9.17) is 11.5 Å². The van der Waals surface area contributed by atoms with E-state index in [1.54, 1.807) is 0 Å². The summed E-state index contributed by atoms with van der Waals surface area (Å²) in [5.41, 5.74) is 15.0. The van der Waals surface area contributed by atoms with E-state index in [1.165, 1.54) is 49.7 Å². The molecule has 0 saturated carbocycles. The summed E-state index contributed by atoms with van der Waals surface area (Å²) in [7, 11) is 0. The van der Waals surface area contributed by atoms with E-state index in [2.05, 4.69) is 6.92 Å². The van der Waals surface area contributed by atoms with Crippen LogP contribution in [0.1, 0.15) is 68.6 Å². The molecular weight excluding hydrogens is 272 g/mol. The predicted molar refractivity (Wildman–Crippen MR) is 95.3 cm³/mol. The Bertz CT molecular complexity index is 418. The molecule has 0 aliphatic carbocycles. The van der Waals surface area contributed by atoms with Crippen molar-refractivity contribution >= 4 is 0 Å². The number of hydrogen-bond acceptors (Lipinski definition) is 3. The third-order valence-electron chi connectivity index (χ3n) is 4.34. The fraction of sp³-hybridized carbons (Fsp3) is 0.684. The summed E-state index contributed by atoms with van der Waals surface area (Å²) in [4.78, 5) is 0. The van der Waals surface area contributed by atoms with Gasteiger partial charge in [-0.05, 0) is 61.5 Å². The Kier molecular flexibility index (Phi) is 9.93. The lowest BCUT2D eigenvalue weighted by Gasteiger charge is -2.16. The lowest BCUT2D eigenvalue weighted by atomic mass is 9.92. The first-order chi connectivity index (χ1) is 10.7. The normalized spacial score (nSPS) is 11.0. The van der Waals surface area contributed by atoms with E-state index in [9.17, 15) is 5.11 Å². The second-order valence-electron chi connectivity index (χ2n) is 6.15. The van der Waals surface area contributed by atoms with Crippen LogP contribution in [-0.2, 0) is 19.3 Å². The van der Waals surface area contributed by atoms with Crippen molar-refractivity contribution in [2.75, 3.05) is 13.1 Å². The maximum absolute atomic E-state index is 10.2. The molecule has 1 aromatic carbocycles. The summed E-state index contributed by atoms with van der Waals surface area (Å²) in [5, 5.41) is 10.2. The van der Waals surface area contributed by atoms with Gasteiger partial charge in [0.15, 0.2) is 0 Å². The van der Waals surface area contributed by atoms with Gasteiger partial charge in [-0.2, -0.15) is 0 Å². The van der Waals surface area contributed by atoms with Gasteiger partial charge in [-0.1, -0.05) is 51.5 Å². The van der Waals surface area contributed by atoms with Crippen molar-refractivity contribution in [3.8, 4) is 5.75 Å². The quantitative estimate of drug-likeness (QED) is 0.516. The molecular formula is C19H34N2O. The molecule has 22 heavy (non-hydrogen) atoms. The fourth-order valence-electron chi connectivity index (χ4n) is 3.11. The second-order valence-corrected chi connectivity index (χ2v) is 6.15. The van der Waals surface area contributed by atoms with Gasteiger partial charge in [0.05, 0.1) is 0 Å². The van der Waals surface area contributed by atoms with Crippen LogP contribution in [0.2, 0.25) is 0 Å². The van der Waals surface area contributed by atoms with E-state index in [0.717, 1.165) is 31.2 Å². The Balaban J connectivity index is 2.58. The largest absolute Gasteiger partial charge is 0.508 e. The zero-order valence-corrected chi connectivity index (χ0v) is 14.2. The number of phenols is 1. The van der Waals surface area contributed by atoms with Crippen LogP contribution in [0.15, 0.2) is 12.1 Å². The maximum Gasteiger partial charge on any atom is 0.119 e. The van der Waals surface area contributed by atoms with E-state index in [1.807, 2.05) is 12.1 Å². The van der Waals surface area contributed by atoms with Gasteiger partial charge in [0.2, 0.25) is 0 Å². The minimum atomic E-state index is 0.426. The minimum Gasteiger partial charge on any atom is -0.508 e. The zero-order chi connectivity index (χ0) is 16.2. The van der Waals surface area contributed by atoms with Crippen molar-refractivity contribution in [1.82, 2.24) is 0 Å². The third-order valence-corrected chi connectivity index (χ3v) is 4.34. The Labute approximate surface area is 136 Å². The molecule has 1 aromatic rings. The summed E-state index contributed by atoms with van der Waals surface area (Å²) in [6.45, 7) is 3.50. The molecule has 0 aliphatic rings. The number of nitrogens with two attached hydrogens (primary N) is 2. The number of aromatic hydroxyl groups is 1. The van der Waals surface area contributed by atoms with Gasteiger partial charge in [0.1, 0.15) is 5.75 Å². The maximum atomic E-state index is 10.2. The average molecular weight is 306 g/mol. The lowest BCUT2D eigenvalue weighted by Crippen LogP contribution is -2.12. The number of benzene rings is 1. The first-order valence-electron chi connectivity index (χ1n) is 8.97. The van der Waals surface area contributed by atoms with Crippen LogP contribution in [0.4, 0.5) is 0 Å². The first-order valence-corrected chi connectivity index (χ1v) is 8.97. The monoisotopic (exact) mass is 306 g/mol. The Morgan fingerprint density at radius 2 is 1.41 bits per heavy atom. The number of unbranched alkanes of at least 4 members (excludes halogenated alkanes) is 6. The molecule has 0 bridgehead atoms. The Hall–Kier alpha value is -1.06. The summed E-state index contributed by atoms with van der Waals surface area (Å²) < 4.78 is 0. The summed E-state index contributed by atoms with van der Waals surface area (Å²) >= 11 is 0. The van der Waals surface area contributed by atoms with Crippen molar-refractivity contribution in [3.05, 3.63) is 28.8 Å². The highest BCUT2D eigenvalue weighted by atomic mass is 16.3. The molecule has 0 saturated heterocycles. The van der Waals surface area contributed by atoms with Gasteiger partial charge in [0, 0.05) is 0 Å². The van der Waals surface area contributed by atoms with Gasteiger partial charge < -0.3 is 16.6 Å². The highest BCUT2D eigenvalue weighted by molar-refractivity contribution is 5.45. The van der Waals surface area contributed by atoms with Crippen LogP contribution < -0.4 is 11.5 Å². The third kappa shape index (κ3) is 6.37. The highest BCUT2D eigenvalue weighted by Crippen LogP contribution is 2.27. The van der Waals surface area contributed by atoms with Gasteiger partial charge in [0.25, 0.3) is 0 Å². The van der Waals surface area contributed by atoms with Crippen LogP contribution in [0.5, 0.6) is 5.75 Å². The molecule has 5 N–H and O–H groups in total. The van der Waals surface area contributed by atoms with Crippen LogP contribution in [0, 0.1) is 0 Å². The van der Waals surface area contributed by atoms with E-state index < -0.39 is 0 Å². The Morgan fingerprint density at radius 1 is 0.773 bits per heavy atom.